The molecule has 1 fully saturated rings. The van der Waals surface area contributed by atoms with Crippen LogP contribution in [0.2, 0.25) is 5.02 Å². The van der Waals surface area contributed by atoms with E-state index >= 15 is 0 Å². The van der Waals surface area contributed by atoms with E-state index in [0.717, 1.165) is 0 Å². The van der Waals surface area contributed by atoms with Crippen LogP contribution in [0.1, 0.15) is 29.7 Å². The van der Waals surface area contributed by atoms with Crippen molar-refractivity contribution in [1.82, 2.24) is 0 Å². The number of Topliss-reactive ketones (excluding diaryl/α,β-unsaturated/α-hetero) is 1. The number of amides is 1. The summed E-state index contributed by atoms with van der Waals surface area (Å²) in [7, 11) is 1.41. The van der Waals surface area contributed by atoms with Gasteiger partial charge in [0.2, 0.25) is 0 Å². The molecule has 1 amide bonds. The number of rotatable bonds is 7. The van der Waals surface area contributed by atoms with Gasteiger partial charge in [0.1, 0.15) is 17.3 Å². The van der Waals surface area contributed by atoms with Gasteiger partial charge in [0.25, 0.3) is 11.7 Å². The van der Waals surface area contributed by atoms with Crippen LogP contribution in [0.4, 0.5) is 5.69 Å². The number of hydrogen-bond acceptors (Lipinski definition) is 7. The molecular weight excluding hydrogens is 498 g/mol. The highest BCUT2D eigenvalue weighted by Gasteiger charge is 2.47. The molecule has 1 aliphatic rings. The van der Waals surface area contributed by atoms with E-state index in [1.807, 2.05) is 0 Å². The Balaban J connectivity index is 1.85. The van der Waals surface area contributed by atoms with Crippen LogP contribution in [-0.4, -0.2) is 41.6 Å². The van der Waals surface area contributed by atoms with Gasteiger partial charge in [-0.15, -0.1) is 0 Å². The van der Waals surface area contributed by atoms with Crippen LogP contribution in [0.25, 0.3) is 5.76 Å². The molecule has 3 aromatic rings. The van der Waals surface area contributed by atoms with Crippen molar-refractivity contribution in [2.75, 3.05) is 18.6 Å². The first kappa shape index (κ1) is 25.8. The topological polar surface area (TPSA) is 113 Å². The lowest BCUT2D eigenvalue weighted by Gasteiger charge is -2.26. The molecule has 0 bridgehead atoms. The lowest BCUT2D eigenvalue weighted by Crippen LogP contribution is -2.29. The number of esters is 1. The van der Waals surface area contributed by atoms with Crippen LogP contribution in [0.3, 0.4) is 0 Å². The smallest absolute Gasteiger partial charge is 0.310 e. The predicted molar refractivity (Wildman–Crippen MR) is 138 cm³/mol. The number of halogens is 1. The van der Waals surface area contributed by atoms with Gasteiger partial charge in [-0.25, -0.2) is 0 Å². The SMILES string of the molecule is CCOC(=O)Cc1ccc(N2C(=O)C(=O)/C(=C(/O)c3cc(Cl)ccc3OC)C2c2ccc(O)cc2)cc1. The fraction of sp³-hybridized carbons (Fsp3) is 0.179. The van der Waals surface area contributed by atoms with Crippen LogP contribution in [-0.2, 0) is 25.5 Å². The van der Waals surface area contributed by atoms with E-state index in [0.29, 0.717) is 21.8 Å². The van der Waals surface area contributed by atoms with E-state index in [4.69, 9.17) is 21.1 Å². The first-order valence-corrected chi connectivity index (χ1v) is 11.8. The highest BCUT2D eigenvalue weighted by Crippen LogP contribution is 2.43. The van der Waals surface area contributed by atoms with Gasteiger partial charge in [-0.3, -0.25) is 19.3 Å². The van der Waals surface area contributed by atoms with E-state index in [2.05, 4.69) is 0 Å². The third kappa shape index (κ3) is 5.15. The van der Waals surface area contributed by atoms with Crippen LogP contribution in [0.15, 0.2) is 72.3 Å². The number of ketones is 1. The minimum atomic E-state index is -1.01. The number of hydrogen-bond donors (Lipinski definition) is 2. The highest BCUT2D eigenvalue weighted by molar-refractivity contribution is 6.51. The van der Waals surface area contributed by atoms with Gasteiger partial charge in [-0.2, -0.15) is 0 Å². The van der Waals surface area contributed by atoms with E-state index < -0.39 is 23.5 Å². The number of carbonyl (C=O) groups excluding carboxylic acids is 3. The van der Waals surface area contributed by atoms with E-state index in [1.54, 1.807) is 55.5 Å². The highest BCUT2D eigenvalue weighted by atomic mass is 35.5. The summed E-state index contributed by atoms with van der Waals surface area (Å²) in [5.41, 5.74) is 1.53. The molecule has 0 aliphatic carbocycles. The molecule has 3 aromatic carbocycles. The van der Waals surface area contributed by atoms with Crippen LogP contribution < -0.4 is 9.64 Å². The second-order valence-electron chi connectivity index (χ2n) is 8.25. The van der Waals surface area contributed by atoms with Gasteiger partial charge in [0.15, 0.2) is 0 Å². The van der Waals surface area contributed by atoms with Crippen LogP contribution >= 0.6 is 11.6 Å². The van der Waals surface area contributed by atoms with Crippen molar-refractivity contribution in [1.29, 1.82) is 0 Å². The molecule has 0 radical (unpaired) electrons. The Morgan fingerprint density at radius 1 is 1.03 bits per heavy atom. The van der Waals surface area contributed by atoms with Gasteiger partial charge < -0.3 is 19.7 Å². The number of aliphatic hydroxyl groups is 1. The zero-order chi connectivity index (χ0) is 26.7. The standard InChI is InChI=1S/C28H24ClNO7/c1-3-37-23(32)14-16-4-9-19(10-5-16)30-25(17-6-11-20(31)12-7-17)24(27(34)28(30)35)26(33)21-15-18(29)8-13-22(21)36-2/h4-13,15,25,31,33H,3,14H2,1-2H3/b26-24+. The van der Waals surface area contributed by atoms with Crippen molar-refractivity contribution in [3.05, 3.63) is 94.0 Å². The number of nitrogens with zero attached hydrogens (tertiary/aromatic N) is 1. The summed E-state index contributed by atoms with van der Waals surface area (Å²) in [6, 6.07) is 16.1. The average Bonchev–Trinajstić information content (AvgIpc) is 3.15. The van der Waals surface area contributed by atoms with Crippen molar-refractivity contribution in [2.45, 2.75) is 19.4 Å². The van der Waals surface area contributed by atoms with Gasteiger partial charge in [0, 0.05) is 10.7 Å². The third-order valence-electron chi connectivity index (χ3n) is 5.94. The molecule has 1 heterocycles. The van der Waals surface area contributed by atoms with Crippen molar-refractivity contribution >= 4 is 40.7 Å². The second-order valence-corrected chi connectivity index (χ2v) is 8.69. The molecule has 1 atom stereocenters. The predicted octanol–water partition coefficient (Wildman–Crippen LogP) is 4.79. The van der Waals surface area contributed by atoms with Gasteiger partial charge in [0.05, 0.1) is 37.3 Å². The molecule has 1 aliphatic heterocycles. The van der Waals surface area contributed by atoms with Crippen LogP contribution in [0, 0.1) is 0 Å². The van der Waals surface area contributed by atoms with Gasteiger partial charge in [-0.05, 0) is 60.5 Å². The van der Waals surface area contributed by atoms with Gasteiger partial charge >= 0.3 is 5.97 Å². The Kier molecular flexibility index (Phi) is 7.50. The lowest BCUT2D eigenvalue weighted by molar-refractivity contribution is -0.142. The Labute approximate surface area is 218 Å². The monoisotopic (exact) mass is 521 g/mol. The number of aliphatic hydroxyl groups excluding tert-OH is 1. The first-order valence-electron chi connectivity index (χ1n) is 11.4. The Hall–Kier alpha value is -4.30. The van der Waals surface area contributed by atoms with E-state index in [1.165, 1.54) is 30.2 Å². The maximum absolute atomic E-state index is 13.3. The summed E-state index contributed by atoms with van der Waals surface area (Å²) >= 11 is 6.14. The molecule has 0 saturated carbocycles. The molecule has 1 unspecified atom stereocenters. The van der Waals surface area contributed by atoms with E-state index in [-0.39, 0.29) is 41.6 Å². The van der Waals surface area contributed by atoms with Crippen molar-refractivity contribution in [3.8, 4) is 11.5 Å². The van der Waals surface area contributed by atoms with Crippen molar-refractivity contribution in [3.63, 3.8) is 0 Å². The summed E-state index contributed by atoms with van der Waals surface area (Å²) in [5, 5.41) is 21.4. The van der Waals surface area contributed by atoms with Crippen LogP contribution in [0.5, 0.6) is 11.5 Å². The molecule has 2 N–H and O–H groups in total. The molecular formula is C28H24ClNO7. The Morgan fingerprint density at radius 3 is 2.32 bits per heavy atom. The summed E-state index contributed by atoms with van der Waals surface area (Å²) in [5.74, 6) is -2.30. The molecule has 8 nitrogen and oxygen atoms in total. The number of phenols is 1. The molecule has 4 rings (SSSR count). The number of methoxy groups -OCH3 is 1. The first-order chi connectivity index (χ1) is 17.7. The Morgan fingerprint density at radius 2 is 1.70 bits per heavy atom. The zero-order valence-electron chi connectivity index (χ0n) is 20.1. The lowest BCUT2D eigenvalue weighted by atomic mass is 9.94. The maximum atomic E-state index is 13.3. The largest absolute Gasteiger partial charge is 0.508 e. The molecule has 0 spiro atoms. The molecule has 37 heavy (non-hydrogen) atoms. The quantitative estimate of drug-likeness (QED) is 0.199. The summed E-state index contributed by atoms with van der Waals surface area (Å²) in [6.45, 7) is 1.99. The summed E-state index contributed by atoms with van der Waals surface area (Å²) < 4.78 is 10.3. The normalized spacial score (nSPS) is 16.6. The molecule has 0 aromatic heterocycles. The van der Waals surface area contributed by atoms with E-state index in [9.17, 15) is 24.6 Å². The Bertz CT molecular complexity index is 1380. The third-order valence-corrected chi connectivity index (χ3v) is 6.17. The summed E-state index contributed by atoms with van der Waals surface area (Å²) in [4.78, 5) is 39.8. The minimum Gasteiger partial charge on any atom is -0.508 e. The molecule has 1 saturated heterocycles. The van der Waals surface area contributed by atoms with Gasteiger partial charge in [-0.1, -0.05) is 35.9 Å². The number of benzene rings is 3. The fourth-order valence-electron chi connectivity index (χ4n) is 4.23. The number of anilines is 1. The van der Waals surface area contributed by atoms with Crippen molar-refractivity contribution < 1.29 is 34.1 Å². The minimum absolute atomic E-state index is 0.000491. The fourth-order valence-corrected chi connectivity index (χ4v) is 4.41. The average molecular weight is 522 g/mol. The molecule has 9 heteroatoms. The van der Waals surface area contributed by atoms with Crippen molar-refractivity contribution in [2.24, 2.45) is 0 Å². The maximum Gasteiger partial charge on any atom is 0.310 e. The number of carbonyl (C=O) groups is 3. The second kappa shape index (κ2) is 10.8. The number of aromatic hydroxyl groups is 1. The molecule has 190 valence electrons. The number of ether oxygens (including phenoxy) is 2. The number of phenolic OH excluding ortho intramolecular Hbond substituents is 1. The summed E-state index contributed by atoms with van der Waals surface area (Å²) in [6.07, 6.45) is 0.0584. The zero-order valence-corrected chi connectivity index (χ0v) is 20.9.